The van der Waals surface area contributed by atoms with Crippen LogP contribution >= 0.6 is 0 Å². The van der Waals surface area contributed by atoms with Crippen molar-refractivity contribution < 1.29 is 27.9 Å². The number of aliphatic hydroxyl groups excluding tert-OH is 1. The third-order valence-electron chi connectivity index (χ3n) is 3.93. The Bertz CT molecular complexity index is 587. The topological polar surface area (TPSA) is 83.6 Å². The first-order valence-corrected chi connectivity index (χ1v) is 7.17. The monoisotopic (exact) mass is 330 g/mol. The van der Waals surface area contributed by atoms with Crippen LogP contribution in [0.1, 0.15) is 40.0 Å². The molecule has 5 nitrogen and oxygen atoms in total. The Labute approximate surface area is 130 Å². The van der Waals surface area contributed by atoms with Crippen LogP contribution < -0.4 is 5.73 Å². The smallest absolute Gasteiger partial charge is 0.382 e. The van der Waals surface area contributed by atoms with Crippen molar-refractivity contribution in [1.29, 1.82) is 0 Å². The van der Waals surface area contributed by atoms with Gasteiger partial charge in [-0.25, -0.2) is 0 Å². The first kappa shape index (κ1) is 17.3. The van der Waals surface area contributed by atoms with E-state index in [1.54, 1.807) is 0 Å². The lowest BCUT2D eigenvalue weighted by Gasteiger charge is -2.39. The Morgan fingerprint density at radius 1 is 1.17 bits per heavy atom. The summed E-state index contributed by atoms with van der Waals surface area (Å²) in [6.45, 7) is 0.147. The molecule has 1 heterocycles. The fraction of sp³-hybridized carbons (Fsp3) is 0.467. The largest absolute Gasteiger partial charge is 0.416 e. The van der Waals surface area contributed by atoms with Crippen molar-refractivity contribution in [2.45, 2.75) is 37.6 Å². The van der Waals surface area contributed by atoms with Crippen LogP contribution in [0, 0.1) is 0 Å². The molecule has 0 bridgehead atoms. The van der Waals surface area contributed by atoms with Crippen LogP contribution in [0.25, 0.3) is 0 Å². The Balaban J connectivity index is 2.22. The zero-order chi connectivity index (χ0) is 17.2. The number of carbonyl (C=O) groups excluding carboxylic acids is 2. The number of amides is 2. The lowest BCUT2D eigenvalue weighted by Crippen LogP contribution is -2.54. The van der Waals surface area contributed by atoms with E-state index >= 15 is 0 Å². The summed E-state index contributed by atoms with van der Waals surface area (Å²) in [5.41, 5.74) is 5.45. The molecule has 126 valence electrons. The fourth-order valence-electron chi connectivity index (χ4n) is 2.70. The molecule has 1 fully saturated rings. The number of nitrogens with two attached hydrogens (primary N) is 1. The van der Waals surface area contributed by atoms with Crippen molar-refractivity contribution in [2.24, 2.45) is 5.73 Å². The standard InChI is InChI=1S/C15H17F3N2O3/c16-15(17,18)12(21)11-3-1-2-8-20(11)14(23)10-6-4-9(5-7-10)13(19)22/h4-7,11-12,21H,1-3,8H2,(H2,19,22). The van der Waals surface area contributed by atoms with E-state index in [4.69, 9.17) is 5.73 Å². The highest BCUT2D eigenvalue weighted by Gasteiger charge is 2.47. The Kier molecular flexibility index (Phi) is 4.93. The van der Waals surface area contributed by atoms with Crippen LogP contribution in [0.4, 0.5) is 13.2 Å². The molecular formula is C15H17F3N2O3. The number of benzene rings is 1. The van der Waals surface area contributed by atoms with Gasteiger partial charge in [0.05, 0.1) is 6.04 Å². The van der Waals surface area contributed by atoms with Crippen molar-refractivity contribution >= 4 is 11.8 Å². The van der Waals surface area contributed by atoms with Crippen molar-refractivity contribution in [2.75, 3.05) is 6.54 Å². The third kappa shape index (κ3) is 3.82. The van der Waals surface area contributed by atoms with Gasteiger partial charge in [0.1, 0.15) is 0 Å². The van der Waals surface area contributed by atoms with Crippen LogP contribution in [-0.2, 0) is 0 Å². The van der Waals surface area contributed by atoms with Crippen molar-refractivity contribution in [3.8, 4) is 0 Å². The fourth-order valence-corrected chi connectivity index (χ4v) is 2.70. The second-order valence-electron chi connectivity index (χ2n) is 5.49. The first-order chi connectivity index (χ1) is 10.7. The highest BCUT2D eigenvalue weighted by molar-refractivity contribution is 5.97. The highest BCUT2D eigenvalue weighted by Crippen LogP contribution is 2.30. The van der Waals surface area contributed by atoms with Gasteiger partial charge in [-0.3, -0.25) is 9.59 Å². The molecule has 2 amide bonds. The molecule has 8 heteroatoms. The van der Waals surface area contributed by atoms with Crippen molar-refractivity contribution in [1.82, 2.24) is 4.90 Å². The predicted octanol–water partition coefficient (Wildman–Crippen LogP) is 1.70. The van der Waals surface area contributed by atoms with Crippen LogP contribution in [0.3, 0.4) is 0 Å². The number of alkyl halides is 3. The van der Waals surface area contributed by atoms with E-state index in [-0.39, 0.29) is 24.1 Å². The second kappa shape index (κ2) is 6.57. The number of rotatable bonds is 3. The van der Waals surface area contributed by atoms with Crippen LogP contribution in [0.5, 0.6) is 0 Å². The zero-order valence-corrected chi connectivity index (χ0v) is 12.2. The van der Waals surface area contributed by atoms with E-state index in [0.717, 1.165) is 4.90 Å². The maximum atomic E-state index is 12.8. The summed E-state index contributed by atoms with van der Waals surface area (Å²) in [5.74, 6) is -1.26. The molecular weight excluding hydrogens is 313 g/mol. The number of piperidine rings is 1. The van der Waals surface area contributed by atoms with Crippen molar-refractivity contribution in [3.63, 3.8) is 0 Å². The second-order valence-corrected chi connectivity index (χ2v) is 5.49. The molecule has 23 heavy (non-hydrogen) atoms. The van der Waals surface area contributed by atoms with Crippen LogP contribution in [-0.4, -0.2) is 46.7 Å². The Morgan fingerprint density at radius 2 is 1.74 bits per heavy atom. The molecule has 0 spiro atoms. The molecule has 1 aliphatic heterocycles. The summed E-state index contributed by atoms with van der Waals surface area (Å²) in [5, 5.41) is 9.51. The van der Waals surface area contributed by atoms with Gasteiger partial charge in [-0.1, -0.05) is 0 Å². The minimum absolute atomic E-state index is 0.0891. The molecule has 3 N–H and O–H groups in total. The molecule has 1 aromatic carbocycles. The van der Waals surface area contributed by atoms with Crippen molar-refractivity contribution in [3.05, 3.63) is 35.4 Å². The lowest BCUT2D eigenvalue weighted by atomic mass is 9.95. The summed E-state index contributed by atoms with van der Waals surface area (Å²) in [6.07, 6.45) is -6.17. The maximum absolute atomic E-state index is 12.8. The minimum Gasteiger partial charge on any atom is -0.382 e. The maximum Gasteiger partial charge on any atom is 0.416 e. The molecule has 2 rings (SSSR count). The first-order valence-electron chi connectivity index (χ1n) is 7.17. The third-order valence-corrected chi connectivity index (χ3v) is 3.93. The Hall–Kier alpha value is -2.09. The molecule has 0 aromatic heterocycles. The normalized spacial score (nSPS) is 20.2. The van der Waals surface area contributed by atoms with E-state index in [1.165, 1.54) is 24.3 Å². The van der Waals surface area contributed by atoms with Gasteiger partial charge >= 0.3 is 6.18 Å². The average Bonchev–Trinajstić information content (AvgIpc) is 2.52. The van der Waals surface area contributed by atoms with Gasteiger partial charge in [-0.15, -0.1) is 0 Å². The number of hydrogen-bond donors (Lipinski definition) is 2. The van der Waals surface area contributed by atoms with Gasteiger partial charge in [0, 0.05) is 17.7 Å². The molecule has 1 aliphatic rings. The number of halogens is 3. The Morgan fingerprint density at radius 3 is 2.26 bits per heavy atom. The van der Waals surface area contributed by atoms with Gasteiger partial charge in [0.2, 0.25) is 5.91 Å². The van der Waals surface area contributed by atoms with Gasteiger partial charge in [-0.05, 0) is 43.5 Å². The summed E-state index contributed by atoms with van der Waals surface area (Å²) in [4.78, 5) is 24.5. The van der Waals surface area contributed by atoms with Gasteiger partial charge in [0.15, 0.2) is 6.10 Å². The van der Waals surface area contributed by atoms with E-state index in [2.05, 4.69) is 0 Å². The van der Waals surface area contributed by atoms with Gasteiger partial charge < -0.3 is 15.7 Å². The molecule has 1 aromatic rings. The number of hydrogen-bond acceptors (Lipinski definition) is 3. The molecule has 2 atom stereocenters. The van der Waals surface area contributed by atoms with E-state index in [1.807, 2.05) is 0 Å². The zero-order valence-electron chi connectivity index (χ0n) is 12.2. The number of primary amides is 1. The van der Waals surface area contributed by atoms with Crippen LogP contribution in [0.15, 0.2) is 24.3 Å². The SMILES string of the molecule is NC(=O)c1ccc(C(=O)N2CCCCC2C(O)C(F)(F)F)cc1. The van der Waals surface area contributed by atoms with E-state index in [0.29, 0.717) is 12.8 Å². The summed E-state index contributed by atoms with van der Waals surface area (Å²) < 4.78 is 38.3. The summed E-state index contributed by atoms with van der Waals surface area (Å²) in [7, 11) is 0. The summed E-state index contributed by atoms with van der Waals surface area (Å²) >= 11 is 0. The number of likely N-dealkylation sites (tertiary alicyclic amines) is 1. The lowest BCUT2D eigenvalue weighted by molar-refractivity contribution is -0.221. The van der Waals surface area contributed by atoms with E-state index in [9.17, 15) is 27.9 Å². The van der Waals surface area contributed by atoms with E-state index < -0.39 is 30.1 Å². The van der Waals surface area contributed by atoms with Crippen LogP contribution in [0.2, 0.25) is 0 Å². The quantitative estimate of drug-likeness (QED) is 0.885. The molecule has 0 radical (unpaired) electrons. The predicted molar refractivity (Wildman–Crippen MR) is 75.7 cm³/mol. The highest BCUT2D eigenvalue weighted by atomic mass is 19.4. The molecule has 1 saturated heterocycles. The van der Waals surface area contributed by atoms with Gasteiger partial charge in [0.25, 0.3) is 5.91 Å². The molecule has 0 aliphatic carbocycles. The molecule has 2 unspecified atom stereocenters. The average molecular weight is 330 g/mol. The number of nitrogens with zero attached hydrogens (tertiary/aromatic N) is 1. The molecule has 0 saturated carbocycles. The number of aliphatic hydroxyl groups is 1. The minimum atomic E-state index is -4.78. The number of carbonyl (C=O) groups is 2. The van der Waals surface area contributed by atoms with Gasteiger partial charge in [-0.2, -0.15) is 13.2 Å². The summed E-state index contributed by atoms with van der Waals surface area (Å²) in [6, 6.07) is 4.07.